The molecule has 0 aliphatic rings. The molecule has 4 aromatic rings. The third kappa shape index (κ3) is 4.61. The van der Waals surface area contributed by atoms with Gasteiger partial charge in [-0.15, -0.1) is 0 Å². The number of nitrogens with zero attached hydrogens (tertiary/aromatic N) is 1. The van der Waals surface area contributed by atoms with Gasteiger partial charge < -0.3 is 5.32 Å². The van der Waals surface area contributed by atoms with Crippen LogP contribution in [0.1, 0.15) is 21.6 Å². The maximum atomic E-state index is 13.4. The first-order valence-corrected chi connectivity index (χ1v) is 9.75. The minimum absolute atomic E-state index is 0.144. The van der Waals surface area contributed by atoms with Gasteiger partial charge in [0.2, 0.25) is 0 Å². The first-order valence-electron chi connectivity index (χ1n) is 9.75. The molecule has 148 valence electrons. The van der Waals surface area contributed by atoms with Gasteiger partial charge in [-0.2, -0.15) is 0 Å². The number of amides is 1. The lowest BCUT2D eigenvalue weighted by atomic mass is 10.0. The number of rotatable bonds is 5. The number of halogens is 1. The smallest absolute Gasteiger partial charge is 0.251 e. The summed E-state index contributed by atoms with van der Waals surface area (Å²) in [6.45, 7) is 2.41. The van der Waals surface area contributed by atoms with Crippen LogP contribution < -0.4 is 5.32 Å². The minimum Gasteiger partial charge on any atom is -0.348 e. The van der Waals surface area contributed by atoms with Gasteiger partial charge in [-0.05, 0) is 71.1 Å². The molecule has 1 amide bonds. The zero-order valence-corrected chi connectivity index (χ0v) is 16.6. The molecule has 0 atom stereocenters. The molecule has 0 spiro atoms. The minimum atomic E-state index is -0.278. The van der Waals surface area contributed by atoms with E-state index in [2.05, 4.69) is 10.3 Å². The van der Waals surface area contributed by atoms with Gasteiger partial charge in [-0.25, -0.2) is 4.39 Å². The van der Waals surface area contributed by atoms with E-state index >= 15 is 0 Å². The van der Waals surface area contributed by atoms with Crippen molar-refractivity contribution in [3.8, 4) is 22.3 Å². The quantitative estimate of drug-likeness (QED) is 0.464. The van der Waals surface area contributed by atoms with Gasteiger partial charge in [0.15, 0.2) is 0 Å². The van der Waals surface area contributed by atoms with Crippen LogP contribution in [0.15, 0.2) is 91.1 Å². The van der Waals surface area contributed by atoms with Gasteiger partial charge in [0.1, 0.15) is 5.82 Å². The van der Waals surface area contributed by atoms with Gasteiger partial charge >= 0.3 is 0 Å². The molecule has 1 aromatic heterocycles. The number of pyridine rings is 1. The second kappa shape index (κ2) is 8.70. The largest absolute Gasteiger partial charge is 0.348 e. The maximum absolute atomic E-state index is 13.4. The lowest BCUT2D eigenvalue weighted by molar-refractivity contribution is 0.0951. The third-order valence-electron chi connectivity index (χ3n) is 4.94. The molecule has 4 heteroatoms. The van der Waals surface area contributed by atoms with E-state index in [1.54, 1.807) is 24.4 Å². The highest BCUT2D eigenvalue weighted by Crippen LogP contribution is 2.21. The van der Waals surface area contributed by atoms with E-state index < -0.39 is 0 Å². The molecule has 0 fully saturated rings. The van der Waals surface area contributed by atoms with Gasteiger partial charge in [0.05, 0.1) is 0 Å². The van der Waals surface area contributed by atoms with Crippen LogP contribution in [-0.2, 0) is 6.54 Å². The van der Waals surface area contributed by atoms with Crippen molar-refractivity contribution in [2.45, 2.75) is 13.5 Å². The normalized spacial score (nSPS) is 10.6. The van der Waals surface area contributed by atoms with E-state index in [0.29, 0.717) is 12.1 Å². The fourth-order valence-electron chi connectivity index (χ4n) is 3.31. The Hall–Kier alpha value is -3.79. The van der Waals surface area contributed by atoms with Gasteiger partial charge in [-0.1, -0.05) is 48.5 Å². The summed E-state index contributed by atoms with van der Waals surface area (Å²) in [6, 6.07) is 25.7. The molecule has 0 unspecified atom stereocenters. The second-order valence-corrected chi connectivity index (χ2v) is 7.15. The molecule has 30 heavy (non-hydrogen) atoms. The van der Waals surface area contributed by atoms with Crippen LogP contribution in [0.2, 0.25) is 0 Å². The van der Waals surface area contributed by atoms with Crippen molar-refractivity contribution in [2.75, 3.05) is 0 Å². The Labute approximate surface area is 175 Å². The number of hydrogen-bond acceptors (Lipinski definition) is 2. The van der Waals surface area contributed by atoms with E-state index in [4.69, 9.17) is 0 Å². The summed E-state index contributed by atoms with van der Waals surface area (Å²) in [4.78, 5) is 16.7. The predicted octanol–water partition coefficient (Wildman–Crippen LogP) is 5.79. The van der Waals surface area contributed by atoms with Crippen LogP contribution in [-0.4, -0.2) is 10.9 Å². The van der Waals surface area contributed by atoms with Gasteiger partial charge in [0.25, 0.3) is 5.91 Å². The molecule has 4 rings (SSSR count). The fourth-order valence-corrected chi connectivity index (χ4v) is 3.31. The maximum Gasteiger partial charge on any atom is 0.251 e. The van der Waals surface area contributed by atoms with Crippen LogP contribution in [0.5, 0.6) is 0 Å². The van der Waals surface area contributed by atoms with Crippen LogP contribution in [0.25, 0.3) is 22.3 Å². The summed E-state index contributed by atoms with van der Waals surface area (Å²) in [6.07, 6.45) is 1.80. The number of carbonyl (C=O) groups is 1. The zero-order valence-electron chi connectivity index (χ0n) is 16.6. The van der Waals surface area contributed by atoms with Crippen LogP contribution in [0.4, 0.5) is 4.39 Å². The highest BCUT2D eigenvalue weighted by molar-refractivity contribution is 5.94. The fraction of sp³-hybridized carbons (Fsp3) is 0.0769. The summed E-state index contributed by atoms with van der Waals surface area (Å²) in [7, 11) is 0. The molecular formula is C26H21FN2O. The van der Waals surface area contributed by atoms with Crippen molar-refractivity contribution < 1.29 is 9.18 Å². The Kier molecular flexibility index (Phi) is 5.66. The summed E-state index contributed by atoms with van der Waals surface area (Å²) >= 11 is 0. The highest BCUT2D eigenvalue weighted by Gasteiger charge is 2.07. The first kappa shape index (κ1) is 19.5. The van der Waals surface area contributed by atoms with Gasteiger partial charge in [0, 0.05) is 24.0 Å². The Balaban J connectivity index is 1.38. The number of nitrogens with one attached hydrogen (secondary N) is 1. The van der Waals surface area contributed by atoms with Crippen LogP contribution in [0.3, 0.4) is 0 Å². The topological polar surface area (TPSA) is 42.0 Å². The van der Waals surface area contributed by atoms with Gasteiger partial charge in [-0.3, -0.25) is 9.78 Å². The average Bonchev–Trinajstić information content (AvgIpc) is 2.78. The summed E-state index contributed by atoms with van der Waals surface area (Å²) in [5, 5.41) is 2.94. The number of hydrogen-bond donors (Lipinski definition) is 1. The SMILES string of the molecule is Cc1cc(-c2ccc(CNC(=O)c3ccc(-c4cccc(F)c4)cc3)cc2)ccn1. The van der Waals surface area contributed by atoms with Crippen molar-refractivity contribution in [3.63, 3.8) is 0 Å². The number of benzene rings is 3. The molecule has 0 saturated heterocycles. The highest BCUT2D eigenvalue weighted by atomic mass is 19.1. The molecule has 0 aliphatic heterocycles. The van der Waals surface area contributed by atoms with E-state index in [-0.39, 0.29) is 11.7 Å². The van der Waals surface area contributed by atoms with Crippen molar-refractivity contribution in [3.05, 3.63) is 114 Å². The van der Waals surface area contributed by atoms with E-state index in [0.717, 1.165) is 33.5 Å². The van der Waals surface area contributed by atoms with Crippen LogP contribution >= 0.6 is 0 Å². The third-order valence-corrected chi connectivity index (χ3v) is 4.94. The lowest BCUT2D eigenvalue weighted by Crippen LogP contribution is -2.22. The Morgan fingerprint density at radius 3 is 2.17 bits per heavy atom. The summed E-state index contributed by atoms with van der Waals surface area (Å²) in [5.41, 5.74) is 6.46. The number of aryl methyl sites for hydroxylation is 1. The first-order chi connectivity index (χ1) is 14.6. The van der Waals surface area contributed by atoms with Crippen molar-refractivity contribution in [2.24, 2.45) is 0 Å². The Bertz CT molecular complexity index is 1170. The molecule has 0 bridgehead atoms. The van der Waals surface area contributed by atoms with E-state index in [1.165, 1.54) is 12.1 Å². The molecule has 3 aromatic carbocycles. The van der Waals surface area contributed by atoms with Crippen molar-refractivity contribution >= 4 is 5.91 Å². The van der Waals surface area contributed by atoms with E-state index in [9.17, 15) is 9.18 Å². The molecule has 0 radical (unpaired) electrons. The summed E-state index contributed by atoms with van der Waals surface area (Å²) < 4.78 is 13.4. The molecular weight excluding hydrogens is 375 g/mol. The lowest BCUT2D eigenvalue weighted by Gasteiger charge is -2.08. The number of carbonyl (C=O) groups excluding carboxylic acids is 1. The summed E-state index contributed by atoms with van der Waals surface area (Å²) in [5.74, 6) is -0.422. The van der Waals surface area contributed by atoms with Crippen molar-refractivity contribution in [1.29, 1.82) is 0 Å². The monoisotopic (exact) mass is 396 g/mol. The standard InChI is InChI=1S/C26H21FN2O/c1-18-15-24(13-14-28-18)20-7-5-19(6-8-20)17-29-26(30)22-11-9-21(10-12-22)23-3-2-4-25(27)16-23/h2-16H,17H2,1H3,(H,29,30). The zero-order chi connectivity index (χ0) is 20.9. The Morgan fingerprint density at radius 1 is 0.833 bits per heavy atom. The van der Waals surface area contributed by atoms with Crippen molar-refractivity contribution in [1.82, 2.24) is 10.3 Å². The second-order valence-electron chi connectivity index (χ2n) is 7.15. The van der Waals surface area contributed by atoms with Crippen LogP contribution in [0, 0.1) is 12.7 Å². The predicted molar refractivity (Wildman–Crippen MR) is 117 cm³/mol. The molecule has 1 N–H and O–H groups in total. The van der Waals surface area contributed by atoms with E-state index in [1.807, 2.05) is 61.5 Å². The molecule has 0 saturated carbocycles. The molecule has 3 nitrogen and oxygen atoms in total. The molecule has 1 heterocycles. The average molecular weight is 396 g/mol. The molecule has 0 aliphatic carbocycles. The Morgan fingerprint density at radius 2 is 1.50 bits per heavy atom. The number of aromatic nitrogens is 1.